The Kier molecular flexibility index (Phi) is 4.34. The highest BCUT2D eigenvalue weighted by molar-refractivity contribution is 5.75. The van der Waals surface area contributed by atoms with Crippen molar-refractivity contribution in [2.24, 2.45) is 0 Å². The van der Waals surface area contributed by atoms with Gasteiger partial charge in [-0.05, 0) is 19.8 Å². The first kappa shape index (κ1) is 11.8. The van der Waals surface area contributed by atoms with E-state index in [2.05, 4.69) is 15.7 Å². The number of amides is 1. The van der Waals surface area contributed by atoms with Crippen LogP contribution in [-0.4, -0.2) is 34.5 Å². The molecule has 1 rings (SSSR count). The molecular formula is C11H18N3O. The highest BCUT2D eigenvalue weighted by Crippen LogP contribution is 2.03. The third-order valence-electron chi connectivity index (χ3n) is 2.39. The van der Waals surface area contributed by atoms with E-state index in [-0.39, 0.29) is 5.91 Å². The minimum atomic E-state index is 0.198. The third kappa shape index (κ3) is 3.73. The van der Waals surface area contributed by atoms with Gasteiger partial charge in [-0.25, -0.2) is 4.98 Å². The number of carbonyl (C=O) groups is 1. The van der Waals surface area contributed by atoms with E-state index in [9.17, 15) is 4.79 Å². The van der Waals surface area contributed by atoms with Crippen LogP contribution in [0.3, 0.4) is 0 Å². The normalized spacial score (nSPS) is 10.3. The van der Waals surface area contributed by atoms with Crippen molar-refractivity contribution in [1.82, 2.24) is 14.5 Å². The Bertz CT molecular complexity index is 317. The summed E-state index contributed by atoms with van der Waals surface area (Å²) in [5.74, 6) is 1.18. The number of aryl methyl sites for hydroxylation is 2. The molecule has 1 amide bonds. The average Bonchev–Trinajstić information content (AvgIpc) is 2.58. The van der Waals surface area contributed by atoms with E-state index in [1.807, 2.05) is 13.1 Å². The Balaban J connectivity index is 2.18. The molecular weight excluding hydrogens is 190 g/mol. The van der Waals surface area contributed by atoms with Crippen LogP contribution in [0, 0.1) is 13.1 Å². The van der Waals surface area contributed by atoms with Crippen LogP contribution >= 0.6 is 0 Å². The van der Waals surface area contributed by atoms with Crippen molar-refractivity contribution in [3.05, 3.63) is 18.2 Å². The van der Waals surface area contributed by atoms with Gasteiger partial charge in [-0.15, -0.1) is 0 Å². The third-order valence-corrected chi connectivity index (χ3v) is 2.39. The largest absolute Gasteiger partial charge is 0.349 e. The van der Waals surface area contributed by atoms with Gasteiger partial charge in [0.15, 0.2) is 0 Å². The molecule has 1 heterocycles. The van der Waals surface area contributed by atoms with Crippen LogP contribution in [0.1, 0.15) is 25.1 Å². The SMILES string of the molecule is Cc1n[c]cn1CCCCC(=O)N(C)C. The lowest BCUT2D eigenvalue weighted by molar-refractivity contribution is -0.128. The van der Waals surface area contributed by atoms with Crippen LogP contribution in [0.5, 0.6) is 0 Å². The highest BCUT2D eigenvalue weighted by Gasteiger charge is 2.03. The molecule has 4 heteroatoms. The molecule has 0 atom stereocenters. The van der Waals surface area contributed by atoms with Crippen molar-refractivity contribution in [2.75, 3.05) is 14.1 Å². The molecule has 0 saturated carbocycles. The molecule has 4 nitrogen and oxygen atoms in total. The first-order chi connectivity index (χ1) is 7.11. The molecule has 0 fully saturated rings. The van der Waals surface area contributed by atoms with Crippen LogP contribution < -0.4 is 0 Å². The number of carbonyl (C=O) groups excluding carboxylic acids is 1. The second-order valence-corrected chi connectivity index (χ2v) is 3.86. The van der Waals surface area contributed by atoms with Crippen molar-refractivity contribution in [3.8, 4) is 0 Å². The molecule has 15 heavy (non-hydrogen) atoms. The smallest absolute Gasteiger partial charge is 0.222 e. The van der Waals surface area contributed by atoms with Gasteiger partial charge in [0.2, 0.25) is 5.91 Å². The van der Waals surface area contributed by atoms with Gasteiger partial charge in [-0.2, -0.15) is 0 Å². The first-order valence-electron chi connectivity index (χ1n) is 5.21. The molecule has 0 aliphatic carbocycles. The number of hydrogen-bond donors (Lipinski definition) is 0. The van der Waals surface area contributed by atoms with E-state index in [1.165, 1.54) is 0 Å². The van der Waals surface area contributed by atoms with Crippen LogP contribution in [0.4, 0.5) is 0 Å². The van der Waals surface area contributed by atoms with Crippen molar-refractivity contribution in [3.63, 3.8) is 0 Å². The second kappa shape index (κ2) is 5.53. The number of unbranched alkanes of at least 4 members (excludes halogenated alkanes) is 1. The monoisotopic (exact) mass is 208 g/mol. The van der Waals surface area contributed by atoms with Crippen LogP contribution in [0.25, 0.3) is 0 Å². The zero-order valence-corrected chi connectivity index (χ0v) is 9.66. The minimum Gasteiger partial charge on any atom is -0.349 e. The van der Waals surface area contributed by atoms with Gasteiger partial charge in [0.1, 0.15) is 12.0 Å². The van der Waals surface area contributed by atoms with Crippen molar-refractivity contribution >= 4 is 5.91 Å². The molecule has 0 aromatic carbocycles. The predicted octanol–water partition coefficient (Wildman–Crippen LogP) is 1.25. The summed E-state index contributed by atoms with van der Waals surface area (Å²) in [6.07, 6.45) is 7.21. The van der Waals surface area contributed by atoms with Gasteiger partial charge >= 0.3 is 0 Å². The maximum atomic E-state index is 11.3. The van der Waals surface area contributed by atoms with Gasteiger partial charge in [-0.3, -0.25) is 4.79 Å². The Morgan fingerprint density at radius 2 is 2.27 bits per heavy atom. The van der Waals surface area contributed by atoms with Gasteiger partial charge < -0.3 is 9.47 Å². The molecule has 0 saturated heterocycles. The van der Waals surface area contributed by atoms with Gasteiger partial charge in [0.25, 0.3) is 0 Å². The standard InChI is InChI=1S/C11H18N3O/c1-10-12-7-9-14(10)8-5-4-6-11(15)13(2)3/h9H,4-6,8H2,1-3H3. The Morgan fingerprint density at radius 1 is 1.53 bits per heavy atom. The van der Waals surface area contributed by atoms with E-state index in [0.29, 0.717) is 6.42 Å². The van der Waals surface area contributed by atoms with E-state index in [4.69, 9.17) is 0 Å². The summed E-state index contributed by atoms with van der Waals surface area (Å²) in [6, 6.07) is 0. The maximum absolute atomic E-state index is 11.3. The number of hydrogen-bond acceptors (Lipinski definition) is 2. The van der Waals surface area contributed by atoms with E-state index >= 15 is 0 Å². The van der Waals surface area contributed by atoms with Gasteiger partial charge in [0.05, 0.1) is 0 Å². The lowest BCUT2D eigenvalue weighted by atomic mass is 10.2. The molecule has 0 spiro atoms. The Labute approximate surface area is 90.9 Å². The van der Waals surface area contributed by atoms with Crippen LogP contribution in [0.2, 0.25) is 0 Å². The molecule has 0 N–H and O–H groups in total. The number of nitrogens with zero attached hydrogens (tertiary/aromatic N) is 3. The molecule has 0 bridgehead atoms. The average molecular weight is 208 g/mol. The zero-order valence-electron chi connectivity index (χ0n) is 9.66. The summed E-state index contributed by atoms with van der Waals surface area (Å²) in [6.45, 7) is 2.88. The predicted molar refractivity (Wildman–Crippen MR) is 58.3 cm³/mol. The number of aromatic nitrogens is 2. The topological polar surface area (TPSA) is 38.1 Å². The van der Waals surface area contributed by atoms with Crippen LogP contribution in [-0.2, 0) is 11.3 Å². The second-order valence-electron chi connectivity index (χ2n) is 3.86. The zero-order chi connectivity index (χ0) is 11.3. The molecule has 0 aliphatic heterocycles. The lowest BCUT2D eigenvalue weighted by Gasteiger charge is -2.10. The summed E-state index contributed by atoms with van der Waals surface area (Å²) in [4.78, 5) is 16.9. The van der Waals surface area contributed by atoms with Crippen molar-refractivity contribution in [1.29, 1.82) is 0 Å². The minimum absolute atomic E-state index is 0.198. The Morgan fingerprint density at radius 3 is 2.80 bits per heavy atom. The molecule has 1 aromatic heterocycles. The molecule has 0 aliphatic rings. The van der Waals surface area contributed by atoms with Crippen molar-refractivity contribution in [2.45, 2.75) is 32.7 Å². The van der Waals surface area contributed by atoms with E-state index in [0.717, 1.165) is 25.2 Å². The summed E-state index contributed by atoms with van der Waals surface area (Å²) >= 11 is 0. The summed E-state index contributed by atoms with van der Waals surface area (Å²) in [5.41, 5.74) is 0. The quantitative estimate of drug-likeness (QED) is 0.683. The molecule has 0 unspecified atom stereocenters. The first-order valence-corrected chi connectivity index (χ1v) is 5.21. The summed E-state index contributed by atoms with van der Waals surface area (Å²) < 4.78 is 2.06. The van der Waals surface area contributed by atoms with Gasteiger partial charge in [0, 0.05) is 33.3 Å². The van der Waals surface area contributed by atoms with E-state index in [1.54, 1.807) is 19.0 Å². The molecule has 1 radical (unpaired) electrons. The highest BCUT2D eigenvalue weighted by atomic mass is 16.2. The number of rotatable bonds is 5. The maximum Gasteiger partial charge on any atom is 0.222 e. The van der Waals surface area contributed by atoms with E-state index < -0.39 is 0 Å². The Hall–Kier alpha value is -1.32. The van der Waals surface area contributed by atoms with Crippen LogP contribution in [0.15, 0.2) is 6.20 Å². The van der Waals surface area contributed by atoms with Crippen molar-refractivity contribution < 1.29 is 4.79 Å². The fourth-order valence-electron chi connectivity index (χ4n) is 1.36. The fraction of sp³-hybridized carbons (Fsp3) is 0.636. The van der Waals surface area contributed by atoms with Gasteiger partial charge in [-0.1, -0.05) is 0 Å². The summed E-state index contributed by atoms with van der Waals surface area (Å²) in [5, 5.41) is 0. The summed E-state index contributed by atoms with van der Waals surface area (Å²) in [7, 11) is 3.58. The molecule has 1 aromatic rings. The fourth-order valence-corrected chi connectivity index (χ4v) is 1.36. The number of imidazole rings is 1. The molecule has 83 valence electrons. The lowest BCUT2D eigenvalue weighted by Crippen LogP contribution is -2.21.